The molecule has 0 unspecified atom stereocenters. The summed E-state index contributed by atoms with van der Waals surface area (Å²) in [6, 6.07) is 5.27. The van der Waals surface area contributed by atoms with Gasteiger partial charge >= 0.3 is 0 Å². The lowest BCUT2D eigenvalue weighted by molar-refractivity contribution is -0.385. The average molecular weight is 250 g/mol. The zero-order chi connectivity index (χ0) is 13.1. The molecule has 0 radical (unpaired) electrons. The van der Waals surface area contributed by atoms with Crippen molar-refractivity contribution in [1.29, 1.82) is 0 Å². The van der Waals surface area contributed by atoms with Crippen LogP contribution in [0.4, 0.5) is 5.69 Å². The quantitative estimate of drug-likeness (QED) is 0.644. The molecule has 0 heterocycles. The van der Waals surface area contributed by atoms with Crippen LogP contribution in [-0.4, -0.2) is 23.6 Å². The number of aryl methyl sites for hydroxylation is 1. The van der Waals surface area contributed by atoms with E-state index in [0.29, 0.717) is 11.8 Å². The summed E-state index contributed by atoms with van der Waals surface area (Å²) in [5.41, 5.74) is 1.02. The van der Waals surface area contributed by atoms with Crippen LogP contribution in [0, 0.1) is 17.0 Å². The summed E-state index contributed by atoms with van der Waals surface area (Å²) in [5.74, 6) is 0.629. The first-order chi connectivity index (χ1) is 8.60. The van der Waals surface area contributed by atoms with Crippen LogP contribution < -0.4 is 10.1 Å². The second kappa shape index (κ2) is 5.35. The molecule has 0 saturated heterocycles. The molecule has 0 spiro atoms. The highest BCUT2D eigenvalue weighted by Gasteiger charge is 2.30. The Balaban J connectivity index is 1.97. The molecule has 1 aromatic carbocycles. The summed E-state index contributed by atoms with van der Waals surface area (Å²) >= 11 is 0. The van der Waals surface area contributed by atoms with Gasteiger partial charge in [0.05, 0.1) is 11.0 Å². The summed E-state index contributed by atoms with van der Waals surface area (Å²) in [5, 5.41) is 14.1. The van der Waals surface area contributed by atoms with Crippen LogP contribution in [-0.2, 0) is 0 Å². The Labute approximate surface area is 106 Å². The molecule has 1 saturated carbocycles. The molecule has 0 atom stereocenters. The van der Waals surface area contributed by atoms with Crippen molar-refractivity contribution in [2.45, 2.75) is 38.8 Å². The van der Waals surface area contributed by atoms with Gasteiger partial charge in [-0.25, -0.2) is 0 Å². The molecule has 1 N–H and O–H groups in total. The minimum Gasteiger partial charge on any atom is -0.490 e. The second-order valence-electron chi connectivity index (χ2n) is 4.67. The van der Waals surface area contributed by atoms with Gasteiger partial charge in [0.2, 0.25) is 0 Å². The minimum absolute atomic E-state index is 0.0816. The van der Waals surface area contributed by atoms with Gasteiger partial charge in [-0.3, -0.25) is 10.1 Å². The summed E-state index contributed by atoms with van der Waals surface area (Å²) in [7, 11) is 0. The standard InChI is InChI=1S/C13H18N2O3/c1-3-14-10-6-12(7-10)18-13-8-11(15(16)17)5-4-9(13)2/h4-5,8,10,12,14H,3,6-7H2,1-2H3. The SMILES string of the molecule is CCNC1CC(Oc2cc([N+](=O)[O-])ccc2C)C1. The van der Waals surface area contributed by atoms with Crippen molar-refractivity contribution in [3.05, 3.63) is 33.9 Å². The largest absolute Gasteiger partial charge is 0.490 e. The van der Waals surface area contributed by atoms with Crippen molar-refractivity contribution >= 4 is 5.69 Å². The van der Waals surface area contributed by atoms with Crippen molar-refractivity contribution in [2.24, 2.45) is 0 Å². The Morgan fingerprint density at radius 1 is 1.50 bits per heavy atom. The number of ether oxygens (including phenoxy) is 1. The van der Waals surface area contributed by atoms with Gasteiger partial charge in [0.1, 0.15) is 11.9 Å². The van der Waals surface area contributed by atoms with Gasteiger partial charge in [0, 0.05) is 12.1 Å². The Hall–Kier alpha value is -1.62. The smallest absolute Gasteiger partial charge is 0.273 e. The number of nitro benzene ring substituents is 1. The summed E-state index contributed by atoms with van der Waals surface area (Å²) in [6.07, 6.45) is 2.11. The first kappa shape index (κ1) is 12.8. The molecule has 5 nitrogen and oxygen atoms in total. The number of benzene rings is 1. The van der Waals surface area contributed by atoms with Crippen LogP contribution in [0.25, 0.3) is 0 Å². The maximum atomic E-state index is 10.7. The third-order valence-electron chi connectivity index (χ3n) is 3.26. The Kier molecular flexibility index (Phi) is 3.81. The van der Waals surface area contributed by atoms with E-state index in [1.807, 2.05) is 6.92 Å². The molecule has 18 heavy (non-hydrogen) atoms. The van der Waals surface area contributed by atoms with Crippen LogP contribution in [0.3, 0.4) is 0 Å². The van der Waals surface area contributed by atoms with Gasteiger partial charge in [-0.2, -0.15) is 0 Å². The zero-order valence-corrected chi connectivity index (χ0v) is 10.7. The van der Waals surface area contributed by atoms with Crippen molar-refractivity contribution in [3.8, 4) is 5.75 Å². The number of nitrogens with one attached hydrogen (secondary N) is 1. The van der Waals surface area contributed by atoms with Gasteiger partial charge in [-0.15, -0.1) is 0 Å². The van der Waals surface area contributed by atoms with Crippen LogP contribution in [0.5, 0.6) is 5.75 Å². The fourth-order valence-corrected chi connectivity index (χ4v) is 2.13. The minimum atomic E-state index is -0.394. The highest BCUT2D eigenvalue weighted by atomic mass is 16.6. The number of non-ortho nitro benzene ring substituents is 1. The molecule has 0 aromatic heterocycles. The van der Waals surface area contributed by atoms with E-state index >= 15 is 0 Å². The lowest BCUT2D eigenvalue weighted by atomic mass is 9.89. The van der Waals surface area contributed by atoms with Gasteiger partial charge in [-0.1, -0.05) is 6.92 Å². The summed E-state index contributed by atoms with van der Waals surface area (Å²) in [4.78, 5) is 10.3. The summed E-state index contributed by atoms with van der Waals surface area (Å²) < 4.78 is 5.80. The number of nitrogens with zero attached hydrogens (tertiary/aromatic N) is 1. The van der Waals surface area contributed by atoms with Gasteiger partial charge in [0.25, 0.3) is 5.69 Å². The maximum absolute atomic E-state index is 10.7. The van der Waals surface area contributed by atoms with Gasteiger partial charge in [-0.05, 0) is 37.9 Å². The molecule has 98 valence electrons. The first-order valence-electron chi connectivity index (χ1n) is 6.25. The molecular formula is C13H18N2O3. The van der Waals surface area contributed by atoms with Crippen molar-refractivity contribution in [1.82, 2.24) is 5.32 Å². The topological polar surface area (TPSA) is 64.4 Å². The van der Waals surface area contributed by atoms with Crippen molar-refractivity contribution < 1.29 is 9.66 Å². The van der Waals surface area contributed by atoms with Crippen LogP contribution >= 0.6 is 0 Å². The molecule has 1 aliphatic rings. The van der Waals surface area contributed by atoms with Crippen molar-refractivity contribution in [3.63, 3.8) is 0 Å². The number of rotatable bonds is 5. The average Bonchev–Trinajstić information content (AvgIpc) is 2.28. The Bertz CT molecular complexity index is 442. The van der Waals surface area contributed by atoms with Crippen LogP contribution in [0.2, 0.25) is 0 Å². The zero-order valence-electron chi connectivity index (χ0n) is 10.7. The normalized spacial score (nSPS) is 22.3. The molecular weight excluding hydrogens is 232 g/mol. The van der Waals surface area contributed by atoms with E-state index in [1.165, 1.54) is 12.1 Å². The van der Waals surface area contributed by atoms with E-state index in [0.717, 1.165) is 24.9 Å². The Morgan fingerprint density at radius 2 is 2.22 bits per heavy atom. The van der Waals surface area contributed by atoms with Crippen LogP contribution in [0.15, 0.2) is 18.2 Å². The molecule has 1 aromatic rings. The number of hydrogen-bond acceptors (Lipinski definition) is 4. The van der Waals surface area contributed by atoms with E-state index in [1.54, 1.807) is 6.07 Å². The molecule has 2 rings (SSSR count). The van der Waals surface area contributed by atoms with Crippen LogP contribution in [0.1, 0.15) is 25.3 Å². The van der Waals surface area contributed by atoms with E-state index in [-0.39, 0.29) is 11.8 Å². The first-order valence-corrected chi connectivity index (χ1v) is 6.25. The number of nitro groups is 1. The molecule has 0 aliphatic heterocycles. The molecule has 0 amide bonds. The van der Waals surface area contributed by atoms with Gasteiger partial charge in [0.15, 0.2) is 0 Å². The second-order valence-corrected chi connectivity index (χ2v) is 4.67. The van der Waals surface area contributed by atoms with E-state index in [4.69, 9.17) is 4.74 Å². The predicted molar refractivity (Wildman–Crippen MR) is 68.9 cm³/mol. The molecule has 0 bridgehead atoms. The summed E-state index contributed by atoms with van der Waals surface area (Å²) in [6.45, 7) is 4.95. The predicted octanol–water partition coefficient (Wildman–Crippen LogP) is 2.42. The maximum Gasteiger partial charge on any atom is 0.273 e. The molecule has 5 heteroatoms. The highest BCUT2D eigenvalue weighted by Crippen LogP contribution is 2.30. The van der Waals surface area contributed by atoms with E-state index in [2.05, 4.69) is 12.2 Å². The fourth-order valence-electron chi connectivity index (χ4n) is 2.13. The fraction of sp³-hybridized carbons (Fsp3) is 0.538. The Morgan fingerprint density at radius 3 is 2.83 bits per heavy atom. The number of hydrogen-bond donors (Lipinski definition) is 1. The lowest BCUT2D eigenvalue weighted by Gasteiger charge is -2.36. The third-order valence-corrected chi connectivity index (χ3v) is 3.26. The van der Waals surface area contributed by atoms with Crippen molar-refractivity contribution in [2.75, 3.05) is 6.54 Å². The van der Waals surface area contributed by atoms with E-state index < -0.39 is 4.92 Å². The van der Waals surface area contributed by atoms with E-state index in [9.17, 15) is 10.1 Å². The lowest BCUT2D eigenvalue weighted by Crippen LogP contribution is -2.46. The monoisotopic (exact) mass is 250 g/mol. The molecule has 1 fully saturated rings. The third kappa shape index (κ3) is 2.79. The van der Waals surface area contributed by atoms with Gasteiger partial charge < -0.3 is 10.1 Å². The molecule has 1 aliphatic carbocycles. The highest BCUT2D eigenvalue weighted by molar-refractivity contribution is 5.43.